The smallest absolute Gasteiger partial charge is 0.304 e. The Bertz CT molecular complexity index is 1050. The zero-order chi connectivity index (χ0) is 25.8. The quantitative estimate of drug-likeness (QED) is 0.416. The van der Waals surface area contributed by atoms with Crippen molar-refractivity contribution in [3.63, 3.8) is 0 Å². The number of hydrogen-bond acceptors (Lipinski definition) is 4. The highest BCUT2D eigenvalue weighted by Crippen LogP contribution is 2.47. The normalized spacial score (nSPS) is 21.6. The van der Waals surface area contributed by atoms with Gasteiger partial charge in [0.2, 0.25) is 5.91 Å². The van der Waals surface area contributed by atoms with Crippen molar-refractivity contribution < 1.29 is 24.2 Å². The van der Waals surface area contributed by atoms with E-state index in [0.29, 0.717) is 16.5 Å². The molecule has 1 heterocycles. The zero-order valence-corrected chi connectivity index (χ0v) is 21.6. The summed E-state index contributed by atoms with van der Waals surface area (Å²) in [6.45, 7) is 5.85. The van der Waals surface area contributed by atoms with Crippen LogP contribution in [-0.2, 0) is 19.1 Å². The Hall–Kier alpha value is -2.41. The van der Waals surface area contributed by atoms with E-state index in [-0.39, 0.29) is 31.3 Å². The average Bonchev–Trinajstić information content (AvgIpc) is 2.77. The summed E-state index contributed by atoms with van der Waals surface area (Å²) in [5.41, 5.74) is 1.25. The molecule has 6 nitrogen and oxygen atoms in total. The number of carbonyl (C=O) groups is 3. The monoisotopic (exact) mass is 519 g/mol. The molecule has 1 amide bonds. The number of ether oxygens (including phenoxy) is 1. The van der Waals surface area contributed by atoms with Crippen LogP contribution in [0.25, 0.3) is 0 Å². The number of piperidine rings is 1. The second-order valence-electron chi connectivity index (χ2n) is 9.91. The van der Waals surface area contributed by atoms with Crippen LogP contribution in [0.4, 0.5) is 0 Å². The van der Waals surface area contributed by atoms with Crippen molar-refractivity contribution in [2.45, 2.75) is 63.6 Å². The molecule has 0 bridgehead atoms. The number of carbonyl (C=O) groups excluding carboxylic acids is 2. The molecule has 1 aliphatic heterocycles. The number of aldehydes is 1. The Morgan fingerprint density at radius 1 is 1.14 bits per heavy atom. The molecular weight excluding hydrogens is 489 g/mol. The number of carboxylic acid groups (broad SMARTS) is 1. The Morgan fingerprint density at radius 3 is 2.40 bits per heavy atom. The van der Waals surface area contributed by atoms with Crippen molar-refractivity contribution in [1.29, 1.82) is 0 Å². The SMILES string of the molecule is CC(C)(C)OCC(CC=O)N1C(=O)C(CC(=O)O)CC(c2cccc(Cl)c2)C1c1ccc(Cl)cc1. The number of aliphatic carboxylic acids is 1. The molecule has 188 valence electrons. The maximum absolute atomic E-state index is 13.8. The molecule has 0 aromatic heterocycles. The second kappa shape index (κ2) is 11.5. The first kappa shape index (κ1) is 27.2. The molecule has 1 N–H and O–H groups in total. The van der Waals surface area contributed by atoms with E-state index in [9.17, 15) is 19.5 Å². The van der Waals surface area contributed by atoms with Crippen molar-refractivity contribution >= 4 is 41.4 Å². The van der Waals surface area contributed by atoms with Crippen LogP contribution in [0.2, 0.25) is 10.0 Å². The summed E-state index contributed by atoms with van der Waals surface area (Å²) in [7, 11) is 0. The Labute approximate surface area is 216 Å². The number of nitrogens with zero attached hydrogens (tertiary/aromatic N) is 1. The Kier molecular flexibility index (Phi) is 8.97. The molecule has 3 rings (SSSR count). The van der Waals surface area contributed by atoms with Crippen LogP contribution >= 0.6 is 23.2 Å². The predicted octanol–water partition coefficient (Wildman–Crippen LogP) is 5.91. The van der Waals surface area contributed by atoms with Crippen molar-refractivity contribution in [3.05, 3.63) is 69.7 Å². The van der Waals surface area contributed by atoms with Gasteiger partial charge in [-0.05, 0) is 62.6 Å². The summed E-state index contributed by atoms with van der Waals surface area (Å²) in [6.07, 6.45) is 0.878. The summed E-state index contributed by atoms with van der Waals surface area (Å²) in [4.78, 5) is 38.9. The summed E-state index contributed by atoms with van der Waals surface area (Å²) in [6, 6.07) is 13.6. The molecule has 8 heteroatoms. The maximum atomic E-state index is 13.8. The summed E-state index contributed by atoms with van der Waals surface area (Å²) < 4.78 is 6.01. The molecule has 2 aromatic rings. The standard InChI is InChI=1S/C27H31Cl2NO5/c1-27(2,3)35-16-22(11-12-31)30-25(17-7-9-20(28)10-8-17)23(18-5-4-6-21(29)13-18)14-19(26(30)34)15-24(32)33/h4-10,12-13,19,22-23,25H,11,14-16H2,1-3H3,(H,32,33). The van der Waals surface area contributed by atoms with Gasteiger partial charge in [0.25, 0.3) is 0 Å². The van der Waals surface area contributed by atoms with Gasteiger partial charge in [-0.1, -0.05) is 47.5 Å². The first-order valence-electron chi connectivity index (χ1n) is 11.6. The van der Waals surface area contributed by atoms with Crippen LogP contribution in [0.3, 0.4) is 0 Å². The molecule has 1 aliphatic rings. The number of hydrogen-bond donors (Lipinski definition) is 1. The van der Waals surface area contributed by atoms with Crippen LogP contribution in [0, 0.1) is 5.92 Å². The number of halogens is 2. The van der Waals surface area contributed by atoms with Gasteiger partial charge in [0.05, 0.1) is 30.7 Å². The second-order valence-corrected chi connectivity index (χ2v) is 10.8. The molecule has 4 atom stereocenters. The molecule has 2 aromatic carbocycles. The van der Waals surface area contributed by atoms with E-state index in [1.54, 1.807) is 23.1 Å². The minimum absolute atomic E-state index is 0.0635. The average molecular weight is 520 g/mol. The number of rotatable bonds is 9. The van der Waals surface area contributed by atoms with Gasteiger partial charge < -0.3 is 19.5 Å². The van der Waals surface area contributed by atoms with Crippen molar-refractivity contribution in [1.82, 2.24) is 4.90 Å². The van der Waals surface area contributed by atoms with E-state index in [2.05, 4.69) is 0 Å². The number of benzene rings is 2. The number of amides is 1. The lowest BCUT2D eigenvalue weighted by Gasteiger charge is -2.48. The van der Waals surface area contributed by atoms with Crippen LogP contribution in [0.5, 0.6) is 0 Å². The van der Waals surface area contributed by atoms with Gasteiger partial charge in [-0.2, -0.15) is 0 Å². The van der Waals surface area contributed by atoms with E-state index < -0.39 is 29.6 Å². The first-order valence-corrected chi connectivity index (χ1v) is 12.4. The molecule has 0 aliphatic carbocycles. The summed E-state index contributed by atoms with van der Waals surface area (Å²) >= 11 is 12.5. The highest BCUT2D eigenvalue weighted by Gasteiger charge is 2.46. The van der Waals surface area contributed by atoms with Crippen molar-refractivity contribution in [2.75, 3.05) is 6.61 Å². The minimum Gasteiger partial charge on any atom is -0.481 e. The van der Waals surface area contributed by atoms with Crippen molar-refractivity contribution in [3.8, 4) is 0 Å². The predicted molar refractivity (Wildman–Crippen MR) is 136 cm³/mol. The molecule has 0 saturated carbocycles. The fraction of sp³-hybridized carbons (Fsp3) is 0.444. The van der Waals surface area contributed by atoms with Crippen LogP contribution < -0.4 is 0 Å². The Morgan fingerprint density at radius 2 is 1.83 bits per heavy atom. The third-order valence-corrected chi connectivity index (χ3v) is 6.69. The van der Waals surface area contributed by atoms with Crippen LogP contribution in [0.1, 0.15) is 63.1 Å². The third-order valence-electron chi connectivity index (χ3n) is 6.20. The van der Waals surface area contributed by atoms with Crippen LogP contribution in [-0.4, -0.2) is 46.4 Å². The number of carboxylic acids is 1. The fourth-order valence-corrected chi connectivity index (χ4v) is 5.02. The molecule has 35 heavy (non-hydrogen) atoms. The number of likely N-dealkylation sites (tertiary alicyclic amines) is 1. The highest BCUT2D eigenvalue weighted by atomic mass is 35.5. The first-order chi connectivity index (χ1) is 16.5. The van der Waals surface area contributed by atoms with Gasteiger partial charge in [-0.3, -0.25) is 9.59 Å². The topological polar surface area (TPSA) is 83.9 Å². The van der Waals surface area contributed by atoms with E-state index in [4.69, 9.17) is 27.9 Å². The summed E-state index contributed by atoms with van der Waals surface area (Å²) in [5.74, 6) is -2.34. The van der Waals surface area contributed by atoms with E-state index in [1.807, 2.05) is 51.1 Å². The summed E-state index contributed by atoms with van der Waals surface area (Å²) in [5, 5.41) is 10.7. The third kappa shape index (κ3) is 7.06. The van der Waals surface area contributed by atoms with E-state index in [0.717, 1.165) is 17.4 Å². The maximum Gasteiger partial charge on any atom is 0.304 e. The van der Waals surface area contributed by atoms with Gasteiger partial charge in [-0.15, -0.1) is 0 Å². The molecular formula is C27H31Cl2NO5. The highest BCUT2D eigenvalue weighted by molar-refractivity contribution is 6.30. The lowest BCUT2D eigenvalue weighted by molar-refractivity contribution is -0.155. The van der Waals surface area contributed by atoms with Gasteiger partial charge in [0.15, 0.2) is 0 Å². The zero-order valence-electron chi connectivity index (χ0n) is 20.1. The Balaban J connectivity index is 2.17. The largest absolute Gasteiger partial charge is 0.481 e. The molecule has 0 radical (unpaired) electrons. The minimum atomic E-state index is -1.05. The van der Waals surface area contributed by atoms with Gasteiger partial charge in [0, 0.05) is 28.3 Å². The van der Waals surface area contributed by atoms with Gasteiger partial charge in [0.1, 0.15) is 6.29 Å². The van der Waals surface area contributed by atoms with E-state index >= 15 is 0 Å². The molecule has 0 spiro atoms. The molecule has 1 saturated heterocycles. The van der Waals surface area contributed by atoms with Gasteiger partial charge >= 0.3 is 5.97 Å². The van der Waals surface area contributed by atoms with Crippen molar-refractivity contribution in [2.24, 2.45) is 5.92 Å². The van der Waals surface area contributed by atoms with E-state index in [1.165, 1.54) is 0 Å². The van der Waals surface area contributed by atoms with Crippen LogP contribution in [0.15, 0.2) is 48.5 Å². The lowest BCUT2D eigenvalue weighted by Crippen LogP contribution is -2.54. The van der Waals surface area contributed by atoms with Gasteiger partial charge in [-0.25, -0.2) is 0 Å². The molecule has 1 fully saturated rings. The molecule has 4 unspecified atom stereocenters. The fourth-order valence-electron chi connectivity index (χ4n) is 4.69. The lowest BCUT2D eigenvalue weighted by atomic mass is 9.74.